The van der Waals surface area contributed by atoms with Crippen molar-refractivity contribution in [2.45, 2.75) is 58.4 Å². The molecule has 2 atom stereocenters. The van der Waals surface area contributed by atoms with Gasteiger partial charge in [0.05, 0.1) is 0 Å². The minimum Gasteiger partial charge on any atom is -0.250 e. The lowest BCUT2D eigenvalue weighted by Crippen LogP contribution is -2.40. The van der Waals surface area contributed by atoms with Crippen LogP contribution in [0.15, 0.2) is 49.1 Å². The van der Waals surface area contributed by atoms with Gasteiger partial charge in [-0.05, 0) is 25.3 Å². The summed E-state index contributed by atoms with van der Waals surface area (Å²) in [6, 6.07) is 11.5. The van der Waals surface area contributed by atoms with Crippen molar-refractivity contribution < 1.29 is 4.57 Å². The van der Waals surface area contributed by atoms with Gasteiger partial charge in [-0.1, -0.05) is 62.9 Å². The van der Waals surface area contributed by atoms with Crippen molar-refractivity contribution in [2.24, 2.45) is 5.92 Å². The molecule has 0 aliphatic heterocycles. The third kappa shape index (κ3) is 5.04. The fraction of sp³-hybridized carbons (Fsp3) is 0.526. The number of nitrogens with zero attached hydrogens (tertiary/aromatic N) is 1. The number of imidazole rings is 1. The average Bonchev–Trinajstić information content (AvgIpc) is 3.05. The van der Waals surface area contributed by atoms with E-state index in [-0.39, 0.29) is 0 Å². The predicted molar refractivity (Wildman–Crippen MR) is 88.1 cm³/mol. The first-order valence-corrected chi connectivity index (χ1v) is 8.38. The van der Waals surface area contributed by atoms with Gasteiger partial charge in [-0.3, -0.25) is 4.98 Å². The van der Waals surface area contributed by atoms with Crippen LogP contribution in [0.5, 0.6) is 0 Å². The molecule has 21 heavy (non-hydrogen) atoms. The molecule has 1 aromatic carbocycles. The van der Waals surface area contributed by atoms with Crippen molar-refractivity contribution in [2.75, 3.05) is 0 Å². The summed E-state index contributed by atoms with van der Waals surface area (Å²) in [5.74, 6) is 0.699. The van der Waals surface area contributed by atoms with Crippen LogP contribution in [0.1, 0.15) is 57.6 Å². The van der Waals surface area contributed by atoms with Crippen LogP contribution < -0.4 is 4.57 Å². The molecule has 114 valence electrons. The number of rotatable bonds is 9. The Labute approximate surface area is 129 Å². The van der Waals surface area contributed by atoms with E-state index in [2.05, 4.69) is 66.3 Å². The van der Waals surface area contributed by atoms with Crippen molar-refractivity contribution in [3.63, 3.8) is 0 Å². The third-order valence-electron chi connectivity index (χ3n) is 4.49. The normalized spacial score (nSPS) is 14.0. The van der Waals surface area contributed by atoms with E-state index in [1.165, 1.54) is 44.1 Å². The van der Waals surface area contributed by atoms with E-state index in [1.807, 2.05) is 6.20 Å². The quantitative estimate of drug-likeness (QED) is 0.509. The SMILES string of the molecule is CCCCCCC(Cc1ccccc1)C(C)[n+]1cc[nH]c1. The third-order valence-corrected chi connectivity index (χ3v) is 4.49. The summed E-state index contributed by atoms with van der Waals surface area (Å²) in [5, 5.41) is 0. The average molecular weight is 285 g/mol. The Morgan fingerprint density at radius 3 is 2.57 bits per heavy atom. The van der Waals surface area contributed by atoms with Gasteiger partial charge in [0.25, 0.3) is 0 Å². The second-order valence-corrected chi connectivity index (χ2v) is 6.10. The van der Waals surface area contributed by atoms with E-state index in [0.29, 0.717) is 12.0 Å². The Bertz CT molecular complexity index is 476. The monoisotopic (exact) mass is 285 g/mol. The first kappa shape index (κ1) is 15.8. The first-order chi connectivity index (χ1) is 10.3. The van der Waals surface area contributed by atoms with Gasteiger partial charge in [0, 0.05) is 5.92 Å². The molecule has 1 aromatic heterocycles. The second kappa shape index (κ2) is 8.66. The number of benzene rings is 1. The molecule has 0 radical (unpaired) electrons. The van der Waals surface area contributed by atoms with Gasteiger partial charge in [0.1, 0.15) is 18.4 Å². The van der Waals surface area contributed by atoms with Gasteiger partial charge in [-0.15, -0.1) is 0 Å². The lowest BCUT2D eigenvalue weighted by atomic mass is 9.88. The van der Waals surface area contributed by atoms with Crippen molar-refractivity contribution in [1.29, 1.82) is 0 Å². The minimum absolute atomic E-state index is 0.540. The molecule has 0 aliphatic rings. The van der Waals surface area contributed by atoms with Crippen molar-refractivity contribution in [1.82, 2.24) is 4.98 Å². The summed E-state index contributed by atoms with van der Waals surface area (Å²) < 4.78 is 2.31. The highest BCUT2D eigenvalue weighted by Crippen LogP contribution is 2.24. The number of nitrogens with one attached hydrogen (secondary N) is 1. The van der Waals surface area contributed by atoms with Gasteiger partial charge < -0.3 is 0 Å². The van der Waals surface area contributed by atoms with Crippen LogP contribution in [0.3, 0.4) is 0 Å². The van der Waals surface area contributed by atoms with Crippen LogP contribution in [0.2, 0.25) is 0 Å². The predicted octanol–water partition coefficient (Wildman–Crippen LogP) is 4.69. The Kier molecular flexibility index (Phi) is 6.52. The Morgan fingerprint density at radius 1 is 1.10 bits per heavy atom. The fourth-order valence-corrected chi connectivity index (χ4v) is 3.06. The fourth-order valence-electron chi connectivity index (χ4n) is 3.06. The zero-order valence-electron chi connectivity index (χ0n) is 13.5. The highest BCUT2D eigenvalue weighted by Gasteiger charge is 2.22. The van der Waals surface area contributed by atoms with Crippen molar-refractivity contribution >= 4 is 0 Å². The van der Waals surface area contributed by atoms with E-state index >= 15 is 0 Å². The van der Waals surface area contributed by atoms with Gasteiger partial charge in [-0.2, -0.15) is 0 Å². The second-order valence-electron chi connectivity index (χ2n) is 6.10. The standard InChI is InChI=1S/C19H28N2/c1-3-4-5-9-12-19(15-18-10-7-6-8-11-18)17(2)21-14-13-20-16-21/h6-8,10-11,13-14,16-17,19H,3-5,9,12,15H2,1-2H3/p+1. The van der Waals surface area contributed by atoms with Gasteiger partial charge >= 0.3 is 0 Å². The molecule has 0 fully saturated rings. The number of unbranched alkanes of at least 4 members (excludes halogenated alkanes) is 3. The highest BCUT2D eigenvalue weighted by atomic mass is 15.0. The summed E-state index contributed by atoms with van der Waals surface area (Å²) in [5.41, 5.74) is 1.46. The van der Waals surface area contributed by atoms with E-state index in [1.54, 1.807) is 0 Å². The zero-order valence-corrected chi connectivity index (χ0v) is 13.5. The maximum atomic E-state index is 3.17. The lowest BCUT2D eigenvalue weighted by Gasteiger charge is -2.22. The van der Waals surface area contributed by atoms with E-state index in [0.717, 1.165) is 0 Å². The van der Waals surface area contributed by atoms with Crippen molar-refractivity contribution in [3.8, 4) is 0 Å². The van der Waals surface area contributed by atoms with Gasteiger partial charge in [0.2, 0.25) is 6.33 Å². The summed E-state index contributed by atoms with van der Waals surface area (Å²) >= 11 is 0. The molecule has 0 saturated heterocycles. The van der Waals surface area contributed by atoms with Crippen LogP contribution in [-0.4, -0.2) is 4.98 Å². The van der Waals surface area contributed by atoms with Crippen LogP contribution in [0, 0.1) is 5.92 Å². The molecular weight excluding hydrogens is 256 g/mol. The molecule has 0 saturated carbocycles. The molecule has 2 nitrogen and oxygen atoms in total. The Balaban J connectivity index is 1.99. The molecule has 0 aliphatic carbocycles. The van der Waals surface area contributed by atoms with Gasteiger partial charge in [0.15, 0.2) is 0 Å². The largest absolute Gasteiger partial charge is 0.250 e. The molecule has 1 heterocycles. The number of hydrogen-bond acceptors (Lipinski definition) is 0. The van der Waals surface area contributed by atoms with Crippen molar-refractivity contribution in [3.05, 3.63) is 54.6 Å². The summed E-state index contributed by atoms with van der Waals surface area (Å²) in [4.78, 5) is 3.17. The van der Waals surface area contributed by atoms with E-state index in [9.17, 15) is 0 Å². The molecule has 2 aromatic rings. The van der Waals surface area contributed by atoms with Crippen LogP contribution in [0.4, 0.5) is 0 Å². The number of aromatic amines is 1. The summed E-state index contributed by atoms with van der Waals surface area (Å²) in [7, 11) is 0. The minimum atomic E-state index is 0.540. The highest BCUT2D eigenvalue weighted by molar-refractivity contribution is 5.15. The van der Waals surface area contributed by atoms with Gasteiger partial charge in [-0.25, -0.2) is 4.57 Å². The molecule has 0 spiro atoms. The molecular formula is C19H29N2+. The molecule has 2 rings (SSSR count). The summed E-state index contributed by atoms with van der Waals surface area (Å²) in [6.45, 7) is 4.63. The lowest BCUT2D eigenvalue weighted by molar-refractivity contribution is -0.725. The smallest absolute Gasteiger partial charge is 0.241 e. The van der Waals surface area contributed by atoms with Crippen LogP contribution in [0.25, 0.3) is 0 Å². The molecule has 1 N–H and O–H groups in total. The Hall–Kier alpha value is -1.57. The zero-order chi connectivity index (χ0) is 14.9. The number of H-pyrrole nitrogens is 1. The molecule has 0 amide bonds. The van der Waals surface area contributed by atoms with E-state index in [4.69, 9.17) is 0 Å². The number of aromatic nitrogens is 2. The summed E-state index contributed by atoms with van der Waals surface area (Å²) in [6.07, 6.45) is 14.1. The topological polar surface area (TPSA) is 19.7 Å². The van der Waals surface area contributed by atoms with E-state index < -0.39 is 0 Å². The molecule has 2 unspecified atom stereocenters. The maximum absolute atomic E-state index is 3.17. The van der Waals surface area contributed by atoms with Crippen LogP contribution >= 0.6 is 0 Å². The maximum Gasteiger partial charge on any atom is 0.241 e. The first-order valence-electron chi connectivity index (χ1n) is 8.38. The molecule has 2 heteroatoms. The molecule has 0 bridgehead atoms. The Morgan fingerprint density at radius 2 is 1.90 bits per heavy atom. The number of hydrogen-bond donors (Lipinski definition) is 1. The van der Waals surface area contributed by atoms with Crippen LogP contribution in [-0.2, 0) is 6.42 Å².